The minimum Gasteiger partial charge on any atom is -0.384 e. The Hall–Kier alpha value is -1.97. The fourth-order valence-electron chi connectivity index (χ4n) is 2.04. The summed E-state index contributed by atoms with van der Waals surface area (Å²) in [5.74, 6) is 0.696. The van der Waals surface area contributed by atoms with Gasteiger partial charge in [-0.25, -0.2) is 4.68 Å². The van der Waals surface area contributed by atoms with Gasteiger partial charge in [0.05, 0.1) is 11.4 Å². The van der Waals surface area contributed by atoms with Crippen LogP contribution in [0.2, 0.25) is 0 Å². The highest BCUT2D eigenvalue weighted by Gasteiger charge is 2.07. The van der Waals surface area contributed by atoms with Gasteiger partial charge in [0.15, 0.2) is 0 Å². The Labute approximate surface area is 114 Å². The third-order valence-corrected chi connectivity index (χ3v) is 3.16. The summed E-state index contributed by atoms with van der Waals surface area (Å²) in [5, 5.41) is 4.59. The van der Waals surface area contributed by atoms with Gasteiger partial charge in [-0.2, -0.15) is 5.10 Å². The van der Waals surface area contributed by atoms with Crippen LogP contribution >= 0.6 is 0 Å². The van der Waals surface area contributed by atoms with Gasteiger partial charge in [0, 0.05) is 25.8 Å². The van der Waals surface area contributed by atoms with Crippen LogP contribution < -0.4 is 10.6 Å². The summed E-state index contributed by atoms with van der Waals surface area (Å²) in [6, 6.07) is 10.2. The first-order chi connectivity index (χ1) is 9.11. The molecule has 0 spiro atoms. The standard InChI is InChI=1S/C15H22N4/c1-4-5-7-12-10-15(16)19(17-12)14-9-6-8-13(11-14)18(2)3/h6,8-11H,4-5,7,16H2,1-3H3. The second-order valence-corrected chi connectivity index (χ2v) is 4.99. The average molecular weight is 258 g/mol. The molecular weight excluding hydrogens is 236 g/mol. The lowest BCUT2D eigenvalue weighted by molar-refractivity contribution is 0.753. The van der Waals surface area contributed by atoms with Crippen molar-refractivity contribution in [1.29, 1.82) is 0 Å². The molecule has 0 aliphatic rings. The van der Waals surface area contributed by atoms with E-state index in [2.05, 4.69) is 29.1 Å². The Bertz CT molecular complexity index is 543. The first-order valence-corrected chi connectivity index (χ1v) is 6.74. The minimum atomic E-state index is 0.696. The summed E-state index contributed by atoms with van der Waals surface area (Å²) in [4.78, 5) is 2.07. The highest BCUT2D eigenvalue weighted by molar-refractivity contribution is 5.54. The topological polar surface area (TPSA) is 47.1 Å². The molecule has 19 heavy (non-hydrogen) atoms. The molecule has 0 amide bonds. The van der Waals surface area contributed by atoms with Crippen molar-refractivity contribution in [2.24, 2.45) is 0 Å². The van der Waals surface area contributed by atoms with Crippen LogP contribution in [0.25, 0.3) is 5.69 Å². The second kappa shape index (κ2) is 5.78. The van der Waals surface area contributed by atoms with Crippen molar-refractivity contribution in [2.45, 2.75) is 26.2 Å². The number of benzene rings is 1. The largest absolute Gasteiger partial charge is 0.384 e. The molecule has 0 aliphatic heterocycles. The van der Waals surface area contributed by atoms with Crippen molar-refractivity contribution in [2.75, 3.05) is 24.7 Å². The molecule has 102 valence electrons. The predicted molar refractivity (Wildman–Crippen MR) is 80.9 cm³/mol. The van der Waals surface area contributed by atoms with E-state index in [1.165, 1.54) is 6.42 Å². The lowest BCUT2D eigenvalue weighted by atomic mass is 10.2. The molecule has 0 bridgehead atoms. The van der Waals surface area contributed by atoms with E-state index in [1.54, 1.807) is 0 Å². The van der Waals surface area contributed by atoms with E-state index in [4.69, 9.17) is 5.73 Å². The first-order valence-electron chi connectivity index (χ1n) is 6.74. The van der Waals surface area contributed by atoms with Crippen LogP contribution in [-0.2, 0) is 6.42 Å². The number of nitrogen functional groups attached to an aromatic ring is 1. The Morgan fingerprint density at radius 1 is 1.26 bits per heavy atom. The monoisotopic (exact) mass is 258 g/mol. The van der Waals surface area contributed by atoms with Gasteiger partial charge in [0.25, 0.3) is 0 Å². The SMILES string of the molecule is CCCCc1cc(N)n(-c2cccc(N(C)C)c2)n1. The number of aromatic nitrogens is 2. The molecular formula is C15H22N4. The van der Waals surface area contributed by atoms with Gasteiger partial charge in [0.2, 0.25) is 0 Å². The van der Waals surface area contributed by atoms with Crippen molar-refractivity contribution in [3.8, 4) is 5.69 Å². The molecule has 0 unspecified atom stereocenters. The summed E-state index contributed by atoms with van der Waals surface area (Å²) in [6.45, 7) is 2.18. The number of hydrogen-bond donors (Lipinski definition) is 1. The highest BCUT2D eigenvalue weighted by atomic mass is 15.3. The summed E-state index contributed by atoms with van der Waals surface area (Å²) >= 11 is 0. The van der Waals surface area contributed by atoms with Gasteiger partial charge in [-0.15, -0.1) is 0 Å². The maximum absolute atomic E-state index is 6.06. The van der Waals surface area contributed by atoms with Crippen LogP contribution in [0.5, 0.6) is 0 Å². The summed E-state index contributed by atoms with van der Waals surface area (Å²) in [7, 11) is 4.05. The average Bonchev–Trinajstić information content (AvgIpc) is 2.77. The van der Waals surface area contributed by atoms with Crippen molar-refractivity contribution in [1.82, 2.24) is 9.78 Å². The lowest BCUT2D eigenvalue weighted by Gasteiger charge is -2.13. The molecule has 4 heteroatoms. The first kappa shape index (κ1) is 13.5. The van der Waals surface area contributed by atoms with Crippen LogP contribution in [0.15, 0.2) is 30.3 Å². The molecule has 0 atom stereocenters. The van der Waals surface area contributed by atoms with Crippen LogP contribution in [0.1, 0.15) is 25.5 Å². The molecule has 2 rings (SSSR count). The molecule has 1 aromatic heterocycles. The fraction of sp³-hybridized carbons (Fsp3) is 0.400. The molecule has 0 fully saturated rings. The number of rotatable bonds is 5. The van der Waals surface area contributed by atoms with Crippen LogP contribution in [0.3, 0.4) is 0 Å². The van der Waals surface area contributed by atoms with Crippen LogP contribution in [-0.4, -0.2) is 23.9 Å². The zero-order chi connectivity index (χ0) is 13.8. The molecule has 2 aromatic rings. The molecule has 0 aliphatic carbocycles. The molecule has 4 nitrogen and oxygen atoms in total. The highest BCUT2D eigenvalue weighted by Crippen LogP contribution is 2.20. The Morgan fingerprint density at radius 2 is 2.05 bits per heavy atom. The lowest BCUT2D eigenvalue weighted by Crippen LogP contribution is -2.09. The smallest absolute Gasteiger partial charge is 0.127 e. The van der Waals surface area contributed by atoms with E-state index in [0.29, 0.717) is 5.82 Å². The molecule has 2 N–H and O–H groups in total. The predicted octanol–water partition coefficient (Wildman–Crippen LogP) is 2.86. The zero-order valence-electron chi connectivity index (χ0n) is 11.9. The Balaban J connectivity index is 2.30. The van der Waals surface area contributed by atoms with Gasteiger partial charge in [0.1, 0.15) is 5.82 Å². The minimum absolute atomic E-state index is 0.696. The van der Waals surface area contributed by atoms with E-state index < -0.39 is 0 Å². The number of anilines is 2. The Kier molecular flexibility index (Phi) is 4.10. The number of aryl methyl sites for hydroxylation is 1. The van der Waals surface area contributed by atoms with E-state index in [1.807, 2.05) is 37.0 Å². The molecule has 0 saturated carbocycles. The maximum atomic E-state index is 6.06. The third kappa shape index (κ3) is 3.08. The molecule has 1 aromatic carbocycles. The van der Waals surface area contributed by atoms with Gasteiger partial charge in [-0.3, -0.25) is 0 Å². The summed E-state index contributed by atoms with van der Waals surface area (Å²) < 4.78 is 1.82. The van der Waals surface area contributed by atoms with E-state index in [9.17, 15) is 0 Å². The van der Waals surface area contributed by atoms with E-state index in [0.717, 1.165) is 29.9 Å². The normalized spacial score (nSPS) is 10.7. The third-order valence-electron chi connectivity index (χ3n) is 3.16. The number of nitrogens with two attached hydrogens (primary N) is 1. The summed E-state index contributed by atoms with van der Waals surface area (Å²) in [5.41, 5.74) is 9.27. The Morgan fingerprint density at radius 3 is 2.74 bits per heavy atom. The number of nitrogens with zero attached hydrogens (tertiary/aromatic N) is 3. The van der Waals surface area contributed by atoms with Crippen molar-refractivity contribution in [3.63, 3.8) is 0 Å². The quantitative estimate of drug-likeness (QED) is 0.897. The van der Waals surface area contributed by atoms with Gasteiger partial charge < -0.3 is 10.6 Å². The number of hydrogen-bond acceptors (Lipinski definition) is 3. The second-order valence-electron chi connectivity index (χ2n) is 4.99. The van der Waals surface area contributed by atoms with Crippen molar-refractivity contribution in [3.05, 3.63) is 36.0 Å². The summed E-state index contributed by atoms with van der Waals surface area (Å²) in [6.07, 6.45) is 3.30. The molecule has 0 saturated heterocycles. The van der Waals surface area contributed by atoms with Crippen LogP contribution in [0.4, 0.5) is 11.5 Å². The van der Waals surface area contributed by atoms with Gasteiger partial charge in [-0.05, 0) is 31.0 Å². The molecule has 0 radical (unpaired) electrons. The number of unbranched alkanes of at least 4 members (excludes halogenated alkanes) is 1. The molecule has 1 heterocycles. The van der Waals surface area contributed by atoms with E-state index >= 15 is 0 Å². The van der Waals surface area contributed by atoms with Crippen LogP contribution in [0, 0.1) is 0 Å². The van der Waals surface area contributed by atoms with Crippen molar-refractivity contribution < 1.29 is 0 Å². The zero-order valence-corrected chi connectivity index (χ0v) is 11.9. The van der Waals surface area contributed by atoms with E-state index in [-0.39, 0.29) is 0 Å². The maximum Gasteiger partial charge on any atom is 0.127 e. The van der Waals surface area contributed by atoms with Gasteiger partial charge >= 0.3 is 0 Å². The fourth-order valence-corrected chi connectivity index (χ4v) is 2.04. The van der Waals surface area contributed by atoms with Gasteiger partial charge in [-0.1, -0.05) is 19.4 Å². The van der Waals surface area contributed by atoms with Crippen molar-refractivity contribution >= 4 is 11.5 Å².